The molecule has 1 aliphatic rings. The first kappa shape index (κ1) is 6.98. The summed E-state index contributed by atoms with van der Waals surface area (Å²) in [6.07, 6.45) is 5.38. The molecule has 0 unspecified atom stereocenters. The highest BCUT2D eigenvalue weighted by atomic mass is 16.5. The van der Waals surface area contributed by atoms with E-state index in [0.29, 0.717) is 5.88 Å². The number of allylic oxidation sites excluding steroid dienone is 1. The van der Waals surface area contributed by atoms with Crippen molar-refractivity contribution in [3.63, 3.8) is 0 Å². The molecule has 0 radical (unpaired) electrons. The van der Waals surface area contributed by atoms with Gasteiger partial charge in [-0.15, -0.1) is 0 Å². The van der Waals surface area contributed by atoms with E-state index in [1.54, 1.807) is 6.26 Å². The second-order valence-electron chi connectivity index (χ2n) is 2.56. The smallest absolute Gasteiger partial charge is 0.197 e. The van der Waals surface area contributed by atoms with Gasteiger partial charge in [-0.3, -0.25) is 0 Å². The number of benzene rings is 1. The Morgan fingerprint density at radius 1 is 1.17 bits per heavy atom. The number of hydrogen-bond acceptors (Lipinski definition) is 2. The van der Waals surface area contributed by atoms with Gasteiger partial charge in [0, 0.05) is 5.22 Å². The number of ether oxygens (including phenoxy) is 1. The van der Waals surface area contributed by atoms with Gasteiger partial charge in [-0.1, -0.05) is 24.3 Å². The molecule has 1 aromatic rings. The maximum Gasteiger partial charge on any atom is 0.197 e. The Labute approximate surface area is 70.3 Å². The predicted octanol–water partition coefficient (Wildman–Crippen LogP) is 0.0354. The van der Waals surface area contributed by atoms with Crippen LogP contribution in [-0.2, 0) is 4.74 Å². The summed E-state index contributed by atoms with van der Waals surface area (Å²) in [4.78, 5) is 0. The SMILES string of the molecule is NC1=c2ccccc2=CC=CO1. The molecule has 0 aliphatic carbocycles. The zero-order chi connectivity index (χ0) is 8.39. The molecule has 12 heavy (non-hydrogen) atoms. The Bertz CT molecular complexity index is 431. The van der Waals surface area contributed by atoms with Crippen molar-refractivity contribution in [2.24, 2.45) is 5.73 Å². The summed E-state index contributed by atoms with van der Waals surface area (Å²) in [6.45, 7) is 0. The second-order valence-corrected chi connectivity index (χ2v) is 2.56. The van der Waals surface area contributed by atoms with Crippen LogP contribution in [0, 0.1) is 0 Å². The van der Waals surface area contributed by atoms with E-state index in [1.807, 2.05) is 36.4 Å². The third kappa shape index (κ3) is 1.07. The first-order chi connectivity index (χ1) is 5.88. The van der Waals surface area contributed by atoms with Crippen LogP contribution in [-0.4, -0.2) is 0 Å². The lowest BCUT2D eigenvalue weighted by atomic mass is 10.2. The van der Waals surface area contributed by atoms with Gasteiger partial charge in [0.05, 0.1) is 6.26 Å². The van der Waals surface area contributed by atoms with Crippen LogP contribution in [0.1, 0.15) is 0 Å². The minimum absolute atomic E-state index is 0.454. The van der Waals surface area contributed by atoms with Gasteiger partial charge >= 0.3 is 0 Å². The van der Waals surface area contributed by atoms with Crippen molar-refractivity contribution in [3.8, 4) is 0 Å². The fourth-order valence-corrected chi connectivity index (χ4v) is 1.19. The number of fused-ring (bicyclic) bond motifs is 1. The lowest BCUT2D eigenvalue weighted by Crippen LogP contribution is -2.28. The van der Waals surface area contributed by atoms with E-state index in [9.17, 15) is 0 Å². The van der Waals surface area contributed by atoms with Crippen LogP contribution < -0.4 is 16.2 Å². The zero-order valence-electron chi connectivity index (χ0n) is 6.53. The molecule has 0 spiro atoms. The molecule has 2 rings (SSSR count). The van der Waals surface area contributed by atoms with Gasteiger partial charge in [0.15, 0.2) is 5.88 Å². The first-order valence-corrected chi connectivity index (χ1v) is 3.76. The van der Waals surface area contributed by atoms with E-state index in [0.717, 1.165) is 10.4 Å². The highest BCUT2D eigenvalue weighted by Crippen LogP contribution is 1.90. The molecular weight excluding hydrogens is 150 g/mol. The molecule has 1 aromatic carbocycles. The monoisotopic (exact) mass is 159 g/mol. The van der Waals surface area contributed by atoms with Gasteiger partial charge in [-0.25, -0.2) is 0 Å². The van der Waals surface area contributed by atoms with Crippen molar-refractivity contribution in [1.82, 2.24) is 0 Å². The average molecular weight is 159 g/mol. The van der Waals surface area contributed by atoms with Gasteiger partial charge in [0.1, 0.15) is 0 Å². The van der Waals surface area contributed by atoms with Crippen molar-refractivity contribution >= 4 is 12.0 Å². The summed E-state index contributed by atoms with van der Waals surface area (Å²) >= 11 is 0. The van der Waals surface area contributed by atoms with Crippen molar-refractivity contribution in [3.05, 3.63) is 47.0 Å². The molecule has 60 valence electrons. The third-order valence-electron chi connectivity index (χ3n) is 1.78. The van der Waals surface area contributed by atoms with Crippen LogP contribution in [0.3, 0.4) is 0 Å². The van der Waals surface area contributed by atoms with Crippen LogP contribution in [0.5, 0.6) is 0 Å². The zero-order valence-corrected chi connectivity index (χ0v) is 6.53. The van der Waals surface area contributed by atoms with E-state index < -0.39 is 0 Å². The van der Waals surface area contributed by atoms with Crippen LogP contribution in [0.25, 0.3) is 12.0 Å². The molecule has 2 N–H and O–H groups in total. The molecule has 0 bridgehead atoms. The van der Waals surface area contributed by atoms with Gasteiger partial charge in [0.25, 0.3) is 0 Å². The molecule has 0 aromatic heterocycles. The minimum atomic E-state index is 0.454. The van der Waals surface area contributed by atoms with Crippen LogP contribution in [0.2, 0.25) is 0 Å². The highest BCUT2D eigenvalue weighted by molar-refractivity contribution is 5.44. The van der Waals surface area contributed by atoms with Crippen LogP contribution >= 0.6 is 0 Å². The quantitative estimate of drug-likeness (QED) is 0.580. The van der Waals surface area contributed by atoms with Gasteiger partial charge in [-0.05, 0) is 17.4 Å². The molecule has 0 saturated heterocycles. The van der Waals surface area contributed by atoms with Gasteiger partial charge in [-0.2, -0.15) is 0 Å². The third-order valence-corrected chi connectivity index (χ3v) is 1.78. The largest absolute Gasteiger partial charge is 0.449 e. The summed E-state index contributed by atoms with van der Waals surface area (Å²) in [6, 6.07) is 7.85. The van der Waals surface area contributed by atoms with Crippen molar-refractivity contribution < 1.29 is 4.74 Å². The molecule has 0 saturated carbocycles. The first-order valence-electron chi connectivity index (χ1n) is 3.76. The topological polar surface area (TPSA) is 35.2 Å². The van der Waals surface area contributed by atoms with Crippen molar-refractivity contribution in [2.75, 3.05) is 0 Å². The fraction of sp³-hybridized carbons (Fsp3) is 0. The molecule has 2 nitrogen and oxygen atoms in total. The predicted molar refractivity (Wildman–Crippen MR) is 48.0 cm³/mol. The van der Waals surface area contributed by atoms with Crippen LogP contribution in [0.15, 0.2) is 36.6 Å². The Morgan fingerprint density at radius 2 is 2.00 bits per heavy atom. The summed E-state index contributed by atoms with van der Waals surface area (Å²) < 4.78 is 5.11. The van der Waals surface area contributed by atoms with E-state index >= 15 is 0 Å². The number of hydrogen-bond donors (Lipinski definition) is 1. The van der Waals surface area contributed by atoms with E-state index in [-0.39, 0.29) is 0 Å². The second kappa shape index (κ2) is 2.74. The Hall–Kier alpha value is -1.70. The minimum Gasteiger partial charge on any atom is -0.449 e. The summed E-state index contributed by atoms with van der Waals surface area (Å²) in [7, 11) is 0. The highest BCUT2D eigenvalue weighted by Gasteiger charge is 1.94. The lowest BCUT2D eigenvalue weighted by Gasteiger charge is -1.96. The maximum atomic E-state index is 5.67. The number of nitrogens with two attached hydrogens (primary N) is 1. The Balaban J connectivity index is 2.88. The number of rotatable bonds is 0. The van der Waals surface area contributed by atoms with E-state index in [1.165, 1.54) is 0 Å². The molecular formula is C10H9NO. The molecule has 1 heterocycles. The molecule has 0 atom stereocenters. The average Bonchev–Trinajstić information content (AvgIpc) is 2.29. The molecule has 0 fully saturated rings. The van der Waals surface area contributed by atoms with Crippen molar-refractivity contribution in [1.29, 1.82) is 0 Å². The Morgan fingerprint density at radius 3 is 2.92 bits per heavy atom. The molecule has 1 aliphatic heterocycles. The molecule has 0 amide bonds. The normalized spacial score (nSPS) is 14.2. The van der Waals surface area contributed by atoms with Gasteiger partial charge < -0.3 is 10.5 Å². The summed E-state index contributed by atoms with van der Waals surface area (Å²) in [5.74, 6) is 0.454. The lowest BCUT2D eigenvalue weighted by molar-refractivity contribution is 0.422. The maximum absolute atomic E-state index is 5.67. The Kier molecular flexibility index (Phi) is 1.59. The fourth-order valence-electron chi connectivity index (χ4n) is 1.19. The summed E-state index contributed by atoms with van der Waals surface area (Å²) in [5, 5.41) is 2.03. The van der Waals surface area contributed by atoms with Gasteiger partial charge in [0.2, 0.25) is 0 Å². The summed E-state index contributed by atoms with van der Waals surface area (Å²) in [5.41, 5.74) is 5.67. The van der Waals surface area contributed by atoms with E-state index in [2.05, 4.69) is 0 Å². The van der Waals surface area contributed by atoms with Crippen molar-refractivity contribution in [2.45, 2.75) is 0 Å². The van der Waals surface area contributed by atoms with Crippen LogP contribution in [0.4, 0.5) is 0 Å². The van der Waals surface area contributed by atoms with E-state index in [4.69, 9.17) is 10.5 Å². The molecule has 2 heteroatoms. The standard InChI is InChI=1S/C10H9NO/c11-10-9-6-2-1-4-8(9)5-3-7-12-10/h1-7H,11H2.